The van der Waals surface area contributed by atoms with Crippen molar-refractivity contribution in [2.45, 2.75) is 49.8 Å². The molecule has 1 heterocycles. The maximum Gasteiger partial charge on any atom is 0.318 e. The maximum atomic E-state index is 12.1. The number of nitrogen functional groups attached to an aromatic ring is 1. The van der Waals surface area contributed by atoms with Crippen LogP contribution in [0, 0.1) is 0 Å². The highest BCUT2D eigenvalue weighted by Gasteiger charge is 2.55. The average Bonchev–Trinajstić information content (AvgIpc) is 3.36. The number of allylic oxidation sites excluding steroid dienone is 3. The molecule has 4 N–H and O–H groups in total. The molecule has 146 valence electrons. The standard InChI is InChI=1S/C18H25N5O3S/c1-12(5-4-10-20-17(24)21-13-6-3-7-13)16-22-14(11-15(19)23-16)18(8-9-18)27(2,25)26/h4-5,10-11,13H,3,6-9H2,1-2H3,(H2,19,22,23)(H2,20,21,24)/b10-4+,12-5+. The van der Waals surface area contributed by atoms with Crippen molar-refractivity contribution < 1.29 is 13.2 Å². The van der Waals surface area contributed by atoms with E-state index in [1.54, 1.807) is 19.1 Å². The first kappa shape index (κ1) is 19.3. The largest absolute Gasteiger partial charge is 0.384 e. The second-order valence-electron chi connectivity index (χ2n) is 7.22. The van der Waals surface area contributed by atoms with E-state index in [-0.39, 0.29) is 17.9 Å². The third-order valence-corrected chi connectivity index (χ3v) is 7.11. The SMILES string of the molecule is C/C(=C\C=C\NC(=O)NC1CCC1)c1nc(N)cc(C2(S(C)(=O)=O)CC2)n1. The third kappa shape index (κ3) is 4.29. The molecule has 27 heavy (non-hydrogen) atoms. The van der Waals surface area contributed by atoms with Crippen molar-refractivity contribution in [1.82, 2.24) is 20.6 Å². The number of sulfone groups is 1. The number of nitrogens with zero attached hydrogens (tertiary/aromatic N) is 2. The Morgan fingerprint density at radius 3 is 2.59 bits per heavy atom. The molecule has 3 rings (SSSR count). The Morgan fingerprint density at radius 2 is 2.04 bits per heavy atom. The number of nitrogens with two attached hydrogens (primary N) is 1. The van der Waals surface area contributed by atoms with Gasteiger partial charge in [0.2, 0.25) is 0 Å². The average molecular weight is 391 g/mol. The minimum atomic E-state index is -3.28. The highest BCUT2D eigenvalue weighted by molar-refractivity contribution is 7.91. The molecule has 0 radical (unpaired) electrons. The van der Waals surface area contributed by atoms with E-state index in [2.05, 4.69) is 20.6 Å². The van der Waals surface area contributed by atoms with E-state index in [0.717, 1.165) is 19.3 Å². The van der Waals surface area contributed by atoms with Gasteiger partial charge in [0.15, 0.2) is 15.7 Å². The van der Waals surface area contributed by atoms with Gasteiger partial charge in [0, 0.05) is 24.6 Å². The number of aromatic nitrogens is 2. The molecule has 8 nitrogen and oxygen atoms in total. The molecule has 0 bridgehead atoms. The molecule has 0 saturated heterocycles. The molecule has 2 amide bonds. The molecule has 0 unspecified atom stereocenters. The van der Waals surface area contributed by atoms with E-state index < -0.39 is 14.6 Å². The van der Waals surface area contributed by atoms with Gasteiger partial charge in [-0.05, 0) is 50.7 Å². The van der Waals surface area contributed by atoms with Crippen molar-refractivity contribution in [3.8, 4) is 0 Å². The van der Waals surface area contributed by atoms with Gasteiger partial charge in [-0.15, -0.1) is 0 Å². The van der Waals surface area contributed by atoms with Gasteiger partial charge in [0.25, 0.3) is 0 Å². The van der Waals surface area contributed by atoms with Crippen LogP contribution in [0.15, 0.2) is 24.4 Å². The Hall–Kier alpha value is -2.42. The van der Waals surface area contributed by atoms with Crippen LogP contribution in [-0.2, 0) is 14.6 Å². The predicted molar refractivity (Wildman–Crippen MR) is 104 cm³/mol. The van der Waals surface area contributed by atoms with E-state index >= 15 is 0 Å². The van der Waals surface area contributed by atoms with Crippen LogP contribution in [0.3, 0.4) is 0 Å². The van der Waals surface area contributed by atoms with Crippen molar-refractivity contribution in [3.63, 3.8) is 0 Å². The Morgan fingerprint density at radius 1 is 1.33 bits per heavy atom. The minimum absolute atomic E-state index is 0.228. The predicted octanol–water partition coefficient (Wildman–Crippen LogP) is 1.86. The lowest BCUT2D eigenvalue weighted by atomic mass is 9.93. The van der Waals surface area contributed by atoms with Gasteiger partial charge < -0.3 is 16.4 Å². The molecule has 0 spiro atoms. The van der Waals surface area contributed by atoms with Crippen molar-refractivity contribution in [1.29, 1.82) is 0 Å². The molecule has 0 atom stereocenters. The van der Waals surface area contributed by atoms with E-state index in [9.17, 15) is 13.2 Å². The van der Waals surface area contributed by atoms with Crippen molar-refractivity contribution in [2.24, 2.45) is 0 Å². The quantitative estimate of drug-likeness (QED) is 0.635. The zero-order valence-corrected chi connectivity index (χ0v) is 16.3. The lowest BCUT2D eigenvalue weighted by molar-refractivity contribution is 0.231. The molecule has 0 aliphatic heterocycles. The first-order valence-corrected chi connectivity index (χ1v) is 10.9. The zero-order valence-electron chi connectivity index (χ0n) is 15.5. The van der Waals surface area contributed by atoms with Gasteiger partial charge in [-0.3, -0.25) is 0 Å². The Labute approximate surface area is 159 Å². The van der Waals surface area contributed by atoms with Gasteiger partial charge in [0.05, 0.1) is 5.69 Å². The van der Waals surface area contributed by atoms with Crippen LogP contribution >= 0.6 is 0 Å². The molecular weight excluding hydrogens is 366 g/mol. The summed E-state index contributed by atoms with van der Waals surface area (Å²) in [6.07, 6.45) is 10.5. The van der Waals surface area contributed by atoms with Crippen LogP contribution in [0.5, 0.6) is 0 Å². The molecule has 9 heteroatoms. The summed E-state index contributed by atoms with van der Waals surface area (Å²) in [5, 5.41) is 5.51. The Kier molecular flexibility index (Phi) is 5.23. The molecule has 2 saturated carbocycles. The number of hydrogen-bond acceptors (Lipinski definition) is 6. The minimum Gasteiger partial charge on any atom is -0.384 e. The number of urea groups is 1. The first-order chi connectivity index (χ1) is 12.7. The molecule has 0 aromatic carbocycles. The zero-order chi connectivity index (χ0) is 19.7. The highest BCUT2D eigenvalue weighted by atomic mass is 32.2. The number of rotatable bonds is 6. The van der Waals surface area contributed by atoms with Crippen LogP contribution in [0.4, 0.5) is 10.6 Å². The van der Waals surface area contributed by atoms with Crippen LogP contribution in [0.2, 0.25) is 0 Å². The first-order valence-electron chi connectivity index (χ1n) is 8.97. The van der Waals surface area contributed by atoms with Gasteiger partial charge in [-0.1, -0.05) is 6.08 Å². The van der Waals surface area contributed by atoms with Gasteiger partial charge in [-0.2, -0.15) is 0 Å². The topological polar surface area (TPSA) is 127 Å². The highest BCUT2D eigenvalue weighted by Crippen LogP contribution is 2.51. The fourth-order valence-electron chi connectivity index (χ4n) is 2.98. The smallest absolute Gasteiger partial charge is 0.318 e. The van der Waals surface area contributed by atoms with Gasteiger partial charge in [0.1, 0.15) is 10.6 Å². The Bertz CT molecular complexity index is 900. The number of carbonyl (C=O) groups is 1. The van der Waals surface area contributed by atoms with E-state index in [4.69, 9.17) is 5.73 Å². The lowest BCUT2D eigenvalue weighted by Gasteiger charge is -2.25. The normalized spacial score (nSPS) is 19.6. The number of anilines is 1. The summed E-state index contributed by atoms with van der Waals surface area (Å²) in [5.74, 6) is 0.614. The van der Waals surface area contributed by atoms with Gasteiger partial charge in [-0.25, -0.2) is 23.2 Å². The summed E-state index contributed by atoms with van der Waals surface area (Å²) in [4.78, 5) is 20.3. The van der Waals surface area contributed by atoms with E-state index in [1.165, 1.54) is 18.5 Å². The molecule has 1 aromatic rings. The molecule has 2 fully saturated rings. The fraction of sp³-hybridized carbons (Fsp3) is 0.500. The van der Waals surface area contributed by atoms with Crippen molar-refractivity contribution >= 4 is 27.3 Å². The number of hydrogen-bond donors (Lipinski definition) is 3. The maximum absolute atomic E-state index is 12.1. The monoisotopic (exact) mass is 391 g/mol. The number of amides is 2. The lowest BCUT2D eigenvalue weighted by Crippen LogP contribution is -2.43. The van der Waals surface area contributed by atoms with Crippen LogP contribution in [-0.4, -0.2) is 36.7 Å². The summed E-state index contributed by atoms with van der Waals surface area (Å²) in [7, 11) is -3.28. The fourth-order valence-corrected chi connectivity index (χ4v) is 4.30. The van der Waals surface area contributed by atoms with Crippen molar-refractivity contribution in [3.05, 3.63) is 35.9 Å². The second-order valence-corrected chi connectivity index (χ2v) is 9.55. The summed E-state index contributed by atoms with van der Waals surface area (Å²) < 4.78 is 23.3. The number of nitrogens with one attached hydrogen (secondary N) is 2. The molecule has 2 aliphatic carbocycles. The van der Waals surface area contributed by atoms with E-state index in [0.29, 0.717) is 29.9 Å². The van der Waals surface area contributed by atoms with Crippen LogP contribution in [0.25, 0.3) is 5.57 Å². The van der Waals surface area contributed by atoms with Crippen LogP contribution in [0.1, 0.15) is 50.5 Å². The summed E-state index contributed by atoms with van der Waals surface area (Å²) in [6.45, 7) is 1.80. The Balaban J connectivity index is 1.69. The van der Waals surface area contributed by atoms with Crippen LogP contribution < -0.4 is 16.4 Å². The number of carbonyl (C=O) groups excluding carboxylic acids is 1. The third-order valence-electron chi connectivity index (χ3n) is 5.08. The molecule has 2 aliphatic rings. The molecule has 1 aromatic heterocycles. The van der Waals surface area contributed by atoms with E-state index in [1.807, 2.05) is 0 Å². The van der Waals surface area contributed by atoms with Crippen molar-refractivity contribution in [2.75, 3.05) is 12.0 Å². The van der Waals surface area contributed by atoms with Gasteiger partial charge >= 0.3 is 6.03 Å². The summed E-state index contributed by atoms with van der Waals surface area (Å²) >= 11 is 0. The summed E-state index contributed by atoms with van der Waals surface area (Å²) in [6, 6.07) is 1.58. The second kappa shape index (κ2) is 7.30. The summed E-state index contributed by atoms with van der Waals surface area (Å²) in [5.41, 5.74) is 7.03. The molecular formula is C18H25N5O3S.